The van der Waals surface area contributed by atoms with Crippen molar-refractivity contribution in [1.82, 2.24) is 4.90 Å². The molecule has 1 heterocycles. The quantitative estimate of drug-likeness (QED) is 0.616. The van der Waals surface area contributed by atoms with Crippen LogP contribution in [0.4, 0.5) is 0 Å². The van der Waals surface area contributed by atoms with Gasteiger partial charge in [-0.05, 0) is 31.7 Å². The van der Waals surface area contributed by atoms with E-state index in [1.807, 2.05) is 30.3 Å². The molecule has 130 valence electrons. The number of hydrogen-bond donors (Lipinski definition) is 1. The van der Waals surface area contributed by atoms with Crippen LogP contribution < -0.4 is 0 Å². The van der Waals surface area contributed by atoms with Gasteiger partial charge in [-0.1, -0.05) is 36.4 Å². The number of ether oxygens (including phenoxy) is 1. The molecule has 1 aromatic carbocycles. The second-order valence-electron chi connectivity index (χ2n) is 6.17. The smallest absolute Gasteiger partial charge is 0.314 e. The Labute approximate surface area is 142 Å². The Morgan fingerprint density at radius 1 is 1.33 bits per heavy atom. The van der Waals surface area contributed by atoms with Gasteiger partial charge in [-0.3, -0.25) is 9.59 Å². The lowest BCUT2D eigenvalue weighted by molar-refractivity contribution is -0.151. The number of piperidine rings is 1. The van der Waals surface area contributed by atoms with E-state index >= 15 is 0 Å². The molecule has 5 heteroatoms. The fourth-order valence-corrected chi connectivity index (χ4v) is 3.15. The maximum atomic E-state index is 12.4. The maximum absolute atomic E-state index is 12.4. The number of rotatable bonds is 7. The molecule has 0 saturated carbocycles. The molecule has 1 atom stereocenters. The molecule has 0 aromatic heterocycles. The van der Waals surface area contributed by atoms with Crippen LogP contribution in [0.2, 0.25) is 0 Å². The van der Waals surface area contributed by atoms with Gasteiger partial charge in [-0.15, -0.1) is 6.58 Å². The molecular weight excluding hydrogens is 306 g/mol. The number of benzene rings is 1. The largest absolute Gasteiger partial charge is 0.481 e. The molecule has 1 aliphatic rings. The van der Waals surface area contributed by atoms with Gasteiger partial charge >= 0.3 is 5.97 Å². The minimum atomic E-state index is -0.912. The summed E-state index contributed by atoms with van der Waals surface area (Å²) in [6, 6.07) is 9.29. The first-order valence-corrected chi connectivity index (χ1v) is 8.31. The summed E-state index contributed by atoms with van der Waals surface area (Å²) in [5.74, 6) is -0.901. The van der Waals surface area contributed by atoms with Gasteiger partial charge in [0.25, 0.3) is 5.91 Å². The van der Waals surface area contributed by atoms with Crippen LogP contribution in [0.3, 0.4) is 0 Å². The number of aliphatic carboxylic acids is 1. The molecule has 1 saturated heterocycles. The topological polar surface area (TPSA) is 66.8 Å². The summed E-state index contributed by atoms with van der Waals surface area (Å²) in [6.45, 7) is 6.68. The molecule has 2 rings (SSSR count). The van der Waals surface area contributed by atoms with Gasteiger partial charge in [-0.2, -0.15) is 0 Å². The third-order valence-corrected chi connectivity index (χ3v) is 4.70. The Balaban J connectivity index is 2.02. The van der Waals surface area contributed by atoms with E-state index in [1.165, 1.54) is 0 Å². The summed E-state index contributed by atoms with van der Waals surface area (Å²) in [5, 5.41) is 9.78. The van der Waals surface area contributed by atoms with Crippen LogP contribution >= 0.6 is 0 Å². The fraction of sp³-hybridized carbons (Fsp3) is 0.474. The second-order valence-corrected chi connectivity index (χ2v) is 6.17. The number of hydrogen-bond acceptors (Lipinski definition) is 3. The van der Waals surface area contributed by atoms with E-state index in [2.05, 4.69) is 6.58 Å². The third-order valence-electron chi connectivity index (χ3n) is 4.70. The van der Waals surface area contributed by atoms with E-state index in [9.17, 15) is 14.7 Å². The van der Waals surface area contributed by atoms with Crippen molar-refractivity contribution in [3.63, 3.8) is 0 Å². The molecule has 1 amide bonds. The number of nitrogens with zero attached hydrogens (tertiary/aromatic N) is 1. The molecule has 24 heavy (non-hydrogen) atoms. The van der Waals surface area contributed by atoms with Crippen LogP contribution in [-0.4, -0.2) is 47.7 Å². The zero-order chi connectivity index (χ0) is 17.6. The van der Waals surface area contributed by atoms with Crippen LogP contribution in [0.15, 0.2) is 43.0 Å². The number of likely N-dealkylation sites (tertiary alicyclic amines) is 1. The number of carboxylic acids is 1. The van der Waals surface area contributed by atoms with Crippen molar-refractivity contribution < 1.29 is 19.4 Å². The number of carbonyl (C=O) groups is 2. The van der Waals surface area contributed by atoms with Crippen molar-refractivity contribution in [2.24, 2.45) is 0 Å². The third kappa shape index (κ3) is 3.85. The molecular formula is C19H25NO4. The van der Waals surface area contributed by atoms with Crippen molar-refractivity contribution in [2.75, 3.05) is 19.7 Å². The predicted molar refractivity (Wildman–Crippen MR) is 91.8 cm³/mol. The van der Waals surface area contributed by atoms with Gasteiger partial charge in [0.15, 0.2) is 0 Å². The molecule has 1 fully saturated rings. The number of carboxylic acid groups (broad SMARTS) is 1. The summed E-state index contributed by atoms with van der Waals surface area (Å²) in [6.07, 6.45) is 2.76. The molecule has 0 unspecified atom stereocenters. The average Bonchev–Trinajstić information content (AvgIpc) is 2.62. The van der Waals surface area contributed by atoms with Crippen molar-refractivity contribution in [3.8, 4) is 0 Å². The fourth-order valence-electron chi connectivity index (χ4n) is 3.15. The zero-order valence-corrected chi connectivity index (χ0v) is 14.1. The van der Waals surface area contributed by atoms with Gasteiger partial charge in [0.05, 0.1) is 12.0 Å². The van der Waals surface area contributed by atoms with E-state index in [4.69, 9.17) is 4.74 Å². The van der Waals surface area contributed by atoms with E-state index in [1.54, 1.807) is 17.9 Å². The molecule has 5 nitrogen and oxygen atoms in total. The highest BCUT2D eigenvalue weighted by atomic mass is 16.5. The van der Waals surface area contributed by atoms with Gasteiger partial charge in [0.2, 0.25) is 0 Å². The highest BCUT2D eigenvalue weighted by molar-refractivity contribution is 5.84. The Morgan fingerprint density at radius 2 is 1.96 bits per heavy atom. The van der Waals surface area contributed by atoms with Crippen LogP contribution in [-0.2, 0) is 19.7 Å². The van der Waals surface area contributed by atoms with Crippen LogP contribution in [0.5, 0.6) is 0 Å². The highest BCUT2D eigenvalue weighted by Gasteiger charge is 2.44. The second kappa shape index (κ2) is 8.11. The van der Waals surface area contributed by atoms with Crippen LogP contribution in [0.1, 0.15) is 31.7 Å². The Hall–Kier alpha value is -2.14. The zero-order valence-electron chi connectivity index (χ0n) is 14.1. The van der Waals surface area contributed by atoms with Crippen molar-refractivity contribution in [1.29, 1.82) is 0 Å². The Morgan fingerprint density at radius 3 is 2.50 bits per heavy atom. The van der Waals surface area contributed by atoms with Crippen molar-refractivity contribution in [3.05, 3.63) is 48.6 Å². The van der Waals surface area contributed by atoms with E-state index in [0.29, 0.717) is 39.0 Å². The molecule has 1 N–H and O–H groups in total. The first kappa shape index (κ1) is 18.2. The van der Waals surface area contributed by atoms with Gasteiger partial charge in [0, 0.05) is 13.1 Å². The first-order valence-electron chi connectivity index (χ1n) is 8.31. The normalized spacial score (nSPS) is 18.0. The highest BCUT2D eigenvalue weighted by Crippen LogP contribution is 2.36. The van der Waals surface area contributed by atoms with Gasteiger partial charge in [-0.25, -0.2) is 0 Å². The summed E-state index contributed by atoms with van der Waals surface area (Å²) >= 11 is 0. The Kier molecular flexibility index (Phi) is 6.15. The van der Waals surface area contributed by atoms with Gasteiger partial charge < -0.3 is 14.7 Å². The maximum Gasteiger partial charge on any atom is 0.314 e. The lowest BCUT2D eigenvalue weighted by atomic mass is 9.73. The number of amides is 1. The average molecular weight is 331 g/mol. The standard InChI is InChI=1S/C19H25NO4/c1-3-4-14-24-15(2)17(21)20-12-10-19(11-13-20,18(22)23)16-8-6-5-7-9-16/h3,5-9,15H,1,4,10-14H2,2H3,(H,22,23)/t15-/m0/s1. The minimum Gasteiger partial charge on any atom is -0.481 e. The summed E-state index contributed by atoms with van der Waals surface area (Å²) in [5.41, 5.74) is -0.106. The van der Waals surface area contributed by atoms with Gasteiger partial charge in [0.1, 0.15) is 6.10 Å². The van der Waals surface area contributed by atoms with E-state index in [0.717, 1.165) is 5.56 Å². The summed E-state index contributed by atoms with van der Waals surface area (Å²) in [4.78, 5) is 26.1. The van der Waals surface area contributed by atoms with Crippen molar-refractivity contribution >= 4 is 11.9 Å². The summed E-state index contributed by atoms with van der Waals surface area (Å²) < 4.78 is 5.50. The lowest BCUT2D eigenvalue weighted by Gasteiger charge is -2.40. The molecule has 0 spiro atoms. The molecule has 0 aliphatic carbocycles. The van der Waals surface area contributed by atoms with E-state index in [-0.39, 0.29) is 5.91 Å². The Bertz CT molecular complexity index is 576. The summed E-state index contributed by atoms with van der Waals surface area (Å²) in [7, 11) is 0. The molecule has 1 aliphatic heterocycles. The SMILES string of the molecule is C=CCCO[C@@H](C)C(=O)N1CCC(C(=O)O)(c2ccccc2)CC1. The number of carbonyl (C=O) groups excluding carboxylic acids is 1. The van der Waals surface area contributed by atoms with E-state index < -0.39 is 17.5 Å². The van der Waals surface area contributed by atoms with Crippen LogP contribution in [0.25, 0.3) is 0 Å². The van der Waals surface area contributed by atoms with Crippen molar-refractivity contribution in [2.45, 2.75) is 37.7 Å². The molecule has 0 radical (unpaired) electrons. The van der Waals surface area contributed by atoms with Crippen LogP contribution in [0, 0.1) is 0 Å². The lowest BCUT2D eigenvalue weighted by Crippen LogP contribution is -2.51. The minimum absolute atomic E-state index is 0.0777. The monoisotopic (exact) mass is 331 g/mol. The molecule has 1 aromatic rings. The first-order chi connectivity index (χ1) is 11.5. The predicted octanol–water partition coefficient (Wildman–Crippen LogP) is 2.61. The molecule has 0 bridgehead atoms.